The molecule has 1 unspecified atom stereocenters. The summed E-state index contributed by atoms with van der Waals surface area (Å²) in [6.07, 6.45) is 5.65. The van der Waals surface area contributed by atoms with Gasteiger partial charge in [0.05, 0.1) is 5.75 Å². The molecule has 7 heteroatoms. The maximum absolute atomic E-state index is 13.5. The molecule has 2 bridgehead atoms. The summed E-state index contributed by atoms with van der Waals surface area (Å²) in [7, 11) is 0.776. The summed E-state index contributed by atoms with van der Waals surface area (Å²) in [5.41, 5.74) is 3.88. The zero-order valence-electron chi connectivity index (χ0n) is 25.6. The number of carbonyl (C=O) groups is 1. The van der Waals surface area contributed by atoms with Crippen LogP contribution in [0.25, 0.3) is 0 Å². The predicted molar refractivity (Wildman–Crippen MR) is 166 cm³/mol. The van der Waals surface area contributed by atoms with E-state index in [1.54, 1.807) is 0 Å². The molecule has 6 rings (SSSR count). The highest BCUT2D eigenvalue weighted by Gasteiger charge is 2.56. The average molecular weight is 580 g/mol. The van der Waals surface area contributed by atoms with Crippen molar-refractivity contribution in [3.63, 3.8) is 0 Å². The van der Waals surface area contributed by atoms with E-state index in [9.17, 15) is 13.2 Å². The molecule has 41 heavy (non-hydrogen) atoms. The van der Waals surface area contributed by atoms with Gasteiger partial charge in [0.15, 0.2) is 0 Å². The Bertz CT molecular complexity index is 1310. The summed E-state index contributed by atoms with van der Waals surface area (Å²) in [5.74, 6) is 2.13. The Labute approximate surface area is 247 Å². The van der Waals surface area contributed by atoms with Gasteiger partial charge in [-0.1, -0.05) is 75.4 Å². The van der Waals surface area contributed by atoms with Gasteiger partial charge in [-0.05, 0) is 98.4 Å². The van der Waals surface area contributed by atoms with Crippen molar-refractivity contribution in [1.82, 2.24) is 14.5 Å². The molecule has 0 aromatic heterocycles. The van der Waals surface area contributed by atoms with Gasteiger partial charge < -0.3 is 10.2 Å². The van der Waals surface area contributed by atoms with Crippen LogP contribution in [0.3, 0.4) is 0 Å². The van der Waals surface area contributed by atoms with Crippen molar-refractivity contribution in [2.24, 2.45) is 29.1 Å². The van der Waals surface area contributed by atoms with E-state index in [0.717, 1.165) is 37.8 Å². The van der Waals surface area contributed by atoms with Gasteiger partial charge >= 0.3 is 0 Å². The van der Waals surface area contributed by atoms with Crippen LogP contribution in [0, 0.1) is 29.1 Å². The molecule has 2 aromatic rings. The molecule has 1 heterocycles. The first-order valence-corrected chi connectivity index (χ1v) is 17.1. The summed E-state index contributed by atoms with van der Waals surface area (Å²) in [6.45, 7) is 8.23. The number of sulfonamides is 1. The monoisotopic (exact) mass is 579 g/mol. The van der Waals surface area contributed by atoms with E-state index in [4.69, 9.17) is 0 Å². The number of hydrogen-bond donors (Lipinski definition) is 1. The largest absolute Gasteiger partial charge is 0.352 e. The van der Waals surface area contributed by atoms with Gasteiger partial charge in [0.1, 0.15) is 6.04 Å². The van der Waals surface area contributed by atoms with Crippen LogP contribution in [-0.4, -0.2) is 62.0 Å². The zero-order chi connectivity index (χ0) is 29.4. The van der Waals surface area contributed by atoms with Crippen LogP contribution >= 0.6 is 0 Å². The number of nitrogens with one attached hydrogen (secondary N) is 1. The zero-order valence-corrected chi connectivity index (χ0v) is 26.4. The number of nitrogens with zero attached hydrogens (tertiary/aromatic N) is 2. The van der Waals surface area contributed by atoms with Gasteiger partial charge in [0, 0.05) is 19.1 Å². The van der Waals surface area contributed by atoms with Gasteiger partial charge in [0.2, 0.25) is 15.9 Å². The number of rotatable bonds is 11. The quantitative estimate of drug-likeness (QED) is 0.401. The van der Waals surface area contributed by atoms with Gasteiger partial charge in [-0.3, -0.25) is 4.79 Å². The maximum atomic E-state index is 13.5. The number of carbonyl (C=O) groups excluding carboxylic acids is 1. The van der Waals surface area contributed by atoms with Crippen molar-refractivity contribution >= 4 is 15.9 Å². The van der Waals surface area contributed by atoms with E-state index in [0.29, 0.717) is 35.5 Å². The first-order chi connectivity index (χ1) is 19.4. The number of aryl methyl sites for hydroxylation is 1. The third-order valence-corrected chi connectivity index (χ3v) is 12.3. The summed E-state index contributed by atoms with van der Waals surface area (Å²) >= 11 is 0. The Balaban J connectivity index is 1.22. The lowest BCUT2D eigenvalue weighted by atomic mass is 9.45. The van der Waals surface area contributed by atoms with E-state index in [1.165, 1.54) is 21.9 Å². The van der Waals surface area contributed by atoms with Crippen LogP contribution in [0.1, 0.15) is 63.1 Å². The molecule has 3 aliphatic carbocycles. The number of fused-ring (bicyclic) bond motifs is 2. The minimum Gasteiger partial charge on any atom is -0.352 e. The fourth-order valence-corrected chi connectivity index (χ4v) is 9.65. The normalized spacial score (nSPS) is 29.2. The molecule has 4 aliphatic rings. The molecule has 1 saturated heterocycles. The van der Waals surface area contributed by atoms with Gasteiger partial charge in [-0.25, -0.2) is 8.42 Å². The number of hydrogen-bond acceptors (Lipinski definition) is 4. The highest BCUT2D eigenvalue weighted by atomic mass is 32.2. The standard InChI is InChI=1S/C34H49N3O3S/c1-24-30-20-29(34(30,2)3)21-31(24)35-33(38)32-16-17-41(39,40)37(32)23-27-13-9-12-26(19-27)14-15-28(22-36(4)5)18-25-10-7-6-8-11-25/h6-13,19,24,28-32H,14-18,20-23H2,1-5H3,(H,35,38)/t24-,28-,29+,30-,31-,32?/m0/s1. The van der Waals surface area contributed by atoms with Crippen LogP contribution < -0.4 is 5.32 Å². The molecule has 0 spiro atoms. The second-order valence-corrected chi connectivity index (χ2v) is 16.0. The highest BCUT2D eigenvalue weighted by Crippen LogP contribution is 2.61. The van der Waals surface area contributed by atoms with E-state index >= 15 is 0 Å². The predicted octanol–water partition coefficient (Wildman–Crippen LogP) is 5.13. The Morgan fingerprint density at radius 3 is 2.44 bits per heavy atom. The van der Waals surface area contributed by atoms with Crippen LogP contribution in [0.2, 0.25) is 0 Å². The highest BCUT2D eigenvalue weighted by molar-refractivity contribution is 7.89. The molecule has 1 aliphatic heterocycles. The van der Waals surface area contributed by atoms with Crippen molar-refractivity contribution in [1.29, 1.82) is 0 Å². The second kappa shape index (κ2) is 12.2. The van der Waals surface area contributed by atoms with Gasteiger partial charge in [-0.15, -0.1) is 0 Å². The lowest BCUT2D eigenvalue weighted by Crippen LogP contribution is -2.61. The molecule has 6 atom stereocenters. The molecule has 4 fully saturated rings. The van der Waals surface area contributed by atoms with Crippen LogP contribution in [0.4, 0.5) is 0 Å². The van der Waals surface area contributed by atoms with Gasteiger partial charge in [0.25, 0.3) is 0 Å². The van der Waals surface area contributed by atoms with Crippen molar-refractivity contribution in [3.8, 4) is 0 Å². The summed E-state index contributed by atoms with van der Waals surface area (Å²) in [4.78, 5) is 15.7. The Morgan fingerprint density at radius 1 is 1.05 bits per heavy atom. The maximum Gasteiger partial charge on any atom is 0.238 e. The Morgan fingerprint density at radius 2 is 1.76 bits per heavy atom. The lowest BCUT2D eigenvalue weighted by molar-refractivity contribution is -0.136. The molecule has 224 valence electrons. The first-order valence-electron chi connectivity index (χ1n) is 15.5. The summed E-state index contributed by atoms with van der Waals surface area (Å²) < 4.78 is 27.7. The first kappa shape index (κ1) is 30.2. The lowest BCUT2D eigenvalue weighted by Gasteiger charge is -2.62. The summed E-state index contributed by atoms with van der Waals surface area (Å²) in [5, 5.41) is 3.29. The number of amides is 1. The van der Waals surface area contributed by atoms with E-state index in [-0.39, 0.29) is 24.2 Å². The number of benzene rings is 2. The molecule has 6 nitrogen and oxygen atoms in total. The third-order valence-electron chi connectivity index (χ3n) is 10.5. The Hall–Kier alpha value is -2.22. The van der Waals surface area contributed by atoms with Gasteiger partial charge in [-0.2, -0.15) is 4.31 Å². The molecule has 3 saturated carbocycles. The van der Waals surface area contributed by atoms with Crippen LogP contribution in [0.15, 0.2) is 54.6 Å². The molecule has 1 N–H and O–H groups in total. The molecule has 2 aromatic carbocycles. The van der Waals surface area contributed by atoms with Crippen LogP contribution in [0.5, 0.6) is 0 Å². The summed E-state index contributed by atoms with van der Waals surface area (Å²) in [6, 6.07) is 18.5. The fraction of sp³-hybridized carbons (Fsp3) is 0.618. The van der Waals surface area contributed by atoms with Crippen LogP contribution in [-0.2, 0) is 34.2 Å². The van der Waals surface area contributed by atoms with Crippen molar-refractivity contribution in [2.75, 3.05) is 26.4 Å². The molecule has 1 amide bonds. The average Bonchev–Trinajstić information content (AvgIpc) is 3.22. The fourth-order valence-electron chi connectivity index (χ4n) is 7.96. The smallest absolute Gasteiger partial charge is 0.238 e. The van der Waals surface area contributed by atoms with E-state index in [2.05, 4.69) is 87.5 Å². The topological polar surface area (TPSA) is 69.7 Å². The molecular weight excluding hydrogens is 530 g/mol. The second-order valence-electron chi connectivity index (χ2n) is 13.9. The molecular formula is C34H49N3O3S. The SMILES string of the molecule is C[C@@H]1[C@@H](NC(=O)C2CCS(=O)(=O)N2Cc2cccc(CC[C@@H](Cc3ccccc3)CN(C)C)c2)C[C@H]2C[C@@H]1C2(C)C. The third kappa shape index (κ3) is 6.73. The van der Waals surface area contributed by atoms with Crippen molar-refractivity contribution in [2.45, 2.75) is 77.9 Å². The van der Waals surface area contributed by atoms with E-state index < -0.39 is 16.1 Å². The van der Waals surface area contributed by atoms with E-state index in [1.807, 2.05) is 12.1 Å². The Kier molecular flexibility index (Phi) is 8.98. The van der Waals surface area contributed by atoms with Crippen molar-refractivity contribution in [3.05, 3.63) is 71.3 Å². The minimum atomic E-state index is -3.47. The van der Waals surface area contributed by atoms with Crippen molar-refractivity contribution < 1.29 is 13.2 Å². The minimum absolute atomic E-state index is 0.0367. The molecule has 0 radical (unpaired) electrons.